The van der Waals surface area contributed by atoms with Gasteiger partial charge in [0.15, 0.2) is 0 Å². The number of rotatable bonds is 4. The van der Waals surface area contributed by atoms with Crippen LogP contribution in [0.4, 0.5) is 0 Å². The lowest BCUT2D eigenvalue weighted by atomic mass is 10.2. The minimum atomic E-state index is 0.867. The molecular formula is C10H12N4S. The summed E-state index contributed by atoms with van der Waals surface area (Å²) in [4.78, 5) is 0. The van der Waals surface area contributed by atoms with Crippen molar-refractivity contribution in [2.75, 3.05) is 5.75 Å². The van der Waals surface area contributed by atoms with Crippen LogP contribution in [0.1, 0.15) is 5.56 Å². The Morgan fingerprint density at radius 3 is 2.73 bits per heavy atom. The molecule has 5 heteroatoms. The van der Waals surface area contributed by atoms with E-state index < -0.39 is 0 Å². The van der Waals surface area contributed by atoms with Crippen LogP contribution in [0.5, 0.6) is 0 Å². The normalized spacial score (nSPS) is 10.5. The van der Waals surface area contributed by atoms with Crippen molar-refractivity contribution in [3.8, 4) is 0 Å². The van der Waals surface area contributed by atoms with Crippen molar-refractivity contribution in [2.45, 2.75) is 11.6 Å². The third-order valence-corrected chi connectivity index (χ3v) is 3.06. The molecule has 0 aliphatic heterocycles. The van der Waals surface area contributed by atoms with Gasteiger partial charge in [-0.15, -0.1) is 5.10 Å². The second-order valence-corrected chi connectivity index (χ2v) is 4.23. The Morgan fingerprint density at radius 2 is 2.07 bits per heavy atom. The van der Waals surface area contributed by atoms with Crippen LogP contribution in [0.2, 0.25) is 0 Å². The fourth-order valence-corrected chi connectivity index (χ4v) is 2.09. The van der Waals surface area contributed by atoms with Gasteiger partial charge in [0.25, 0.3) is 0 Å². The summed E-state index contributed by atoms with van der Waals surface area (Å²) in [5, 5.41) is 12.1. The van der Waals surface area contributed by atoms with E-state index in [1.165, 1.54) is 5.56 Å². The Labute approximate surface area is 92.7 Å². The van der Waals surface area contributed by atoms with Crippen molar-refractivity contribution in [3.05, 3.63) is 35.9 Å². The summed E-state index contributed by atoms with van der Waals surface area (Å²) < 4.78 is 1.69. The minimum absolute atomic E-state index is 0.867. The maximum atomic E-state index is 3.91. The average Bonchev–Trinajstić information content (AvgIpc) is 2.66. The van der Waals surface area contributed by atoms with E-state index in [-0.39, 0.29) is 0 Å². The Morgan fingerprint density at radius 1 is 1.27 bits per heavy atom. The molecule has 4 nitrogen and oxygen atoms in total. The summed E-state index contributed by atoms with van der Waals surface area (Å²) >= 11 is 1.68. The van der Waals surface area contributed by atoms with Gasteiger partial charge in [-0.05, 0) is 22.4 Å². The van der Waals surface area contributed by atoms with Gasteiger partial charge in [0.2, 0.25) is 5.16 Å². The van der Waals surface area contributed by atoms with Gasteiger partial charge in [-0.2, -0.15) is 0 Å². The molecule has 0 fully saturated rings. The van der Waals surface area contributed by atoms with Gasteiger partial charge in [-0.25, -0.2) is 4.68 Å². The maximum Gasteiger partial charge on any atom is 0.209 e. The lowest BCUT2D eigenvalue weighted by Gasteiger charge is -1.99. The van der Waals surface area contributed by atoms with Crippen molar-refractivity contribution in [1.82, 2.24) is 20.2 Å². The van der Waals surface area contributed by atoms with Gasteiger partial charge in [0.1, 0.15) is 0 Å². The average molecular weight is 220 g/mol. The number of aromatic nitrogens is 4. The second-order valence-electron chi connectivity index (χ2n) is 3.17. The molecule has 0 saturated heterocycles. The summed E-state index contributed by atoms with van der Waals surface area (Å²) in [5.74, 6) is 0.998. The number of hydrogen-bond acceptors (Lipinski definition) is 4. The zero-order chi connectivity index (χ0) is 10.5. The third-order valence-electron chi connectivity index (χ3n) is 2.05. The van der Waals surface area contributed by atoms with Crippen molar-refractivity contribution >= 4 is 11.8 Å². The summed E-state index contributed by atoms with van der Waals surface area (Å²) in [7, 11) is 1.85. The molecule has 0 spiro atoms. The quantitative estimate of drug-likeness (QED) is 0.733. The lowest BCUT2D eigenvalue weighted by Crippen LogP contribution is -1.95. The van der Waals surface area contributed by atoms with E-state index in [1.807, 2.05) is 13.1 Å². The number of thioether (sulfide) groups is 1. The van der Waals surface area contributed by atoms with Crippen LogP contribution in [0.3, 0.4) is 0 Å². The van der Waals surface area contributed by atoms with Crippen LogP contribution >= 0.6 is 11.8 Å². The first-order chi connectivity index (χ1) is 7.36. The topological polar surface area (TPSA) is 43.6 Å². The van der Waals surface area contributed by atoms with Crippen LogP contribution in [-0.2, 0) is 13.5 Å². The molecule has 0 bridgehead atoms. The van der Waals surface area contributed by atoms with Gasteiger partial charge in [-0.1, -0.05) is 42.1 Å². The van der Waals surface area contributed by atoms with Crippen molar-refractivity contribution in [1.29, 1.82) is 0 Å². The Kier molecular flexibility index (Phi) is 3.34. The Balaban J connectivity index is 1.83. The van der Waals surface area contributed by atoms with E-state index in [1.54, 1.807) is 16.4 Å². The largest absolute Gasteiger partial charge is 0.224 e. The number of benzene rings is 1. The fraction of sp³-hybridized carbons (Fsp3) is 0.300. The zero-order valence-electron chi connectivity index (χ0n) is 8.50. The Bertz CT molecular complexity index is 412. The predicted molar refractivity (Wildman–Crippen MR) is 59.7 cm³/mol. The molecule has 15 heavy (non-hydrogen) atoms. The second kappa shape index (κ2) is 4.93. The molecule has 2 rings (SSSR count). The van der Waals surface area contributed by atoms with Gasteiger partial charge >= 0.3 is 0 Å². The monoisotopic (exact) mass is 220 g/mol. The summed E-state index contributed by atoms with van der Waals surface area (Å²) in [5.41, 5.74) is 1.35. The number of aryl methyl sites for hydroxylation is 2. The van der Waals surface area contributed by atoms with E-state index in [2.05, 4.69) is 39.8 Å². The summed E-state index contributed by atoms with van der Waals surface area (Å²) in [6.07, 6.45) is 1.04. The lowest BCUT2D eigenvalue weighted by molar-refractivity contribution is 0.664. The van der Waals surface area contributed by atoms with Crippen LogP contribution in [0.25, 0.3) is 0 Å². The summed E-state index contributed by atoms with van der Waals surface area (Å²) in [6, 6.07) is 10.4. The Hall–Kier alpha value is -1.36. The molecule has 0 aliphatic rings. The molecule has 78 valence electrons. The highest BCUT2D eigenvalue weighted by Crippen LogP contribution is 2.14. The molecule has 0 atom stereocenters. The third kappa shape index (κ3) is 2.79. The zero-order valence-corrected chi connectivity index (χ0v) is 9.31. The molecule has 1 aromatic heterocycles. The first kappa shape index (κ1) is 10.2. The van der Waals surface area contributed by atoms with Crippen LogP contribution in [0, 0.1) is 0 Å². The molecule has 1 aromatic carbocycles. The number of tetrazole rings is 1. The standard InChI is InChI=1S/C10H12N4S/c1-14-10(11-12-13-14)15-8-7-9-5-3-2-4-6-9/h2-6H,7-8H2,1H3. The molecule has 2 aromatic rings. The van der Waals surface area contributed by atoms with Gasteiger partial charge in [-0.3, -0.25) is 0 Å². The molecule has 0 amide bonds. The first-order valence-corrected chi connectivity index (χ1v) is 5.74. The van der Waals surface area contributed by atoms with Crippen LogP contribution in [-0.4, -0.2) is 26.0 Å². The first-order valence-electron chi connectivity index (χ1n) is 4.75. The van der Waals surface area contributed by atoms with E-state index >= 15 is 0 Å². The molecule has 0 N–H and O–H groups in total. The summed E-state index contributed by atoms with van der Waals surface area (Å²) in [6.45, 7) is 0. The highest BCUT2D eigenvalue weighted by molar-refractivity contribution is 7.99. The fourth-order valence-electron chi connectivity index (χ4n) is 1.25. The van der Waals surface area contributed by atoms with E-state index in [0.29, 0.717) is 0 Å². The molecule has 0 radical (unpaired) electrons. The van der Waals surface area contributed by atoms with Crippen LogP contribution < -0.4 is 0 Å². The smallest absolute Gasteiger partial charge is 0.209 e. The minimum Gasteiger partial charge on any atom is -0.224 e. The molecule has 1 heterocycles. The van der Waals surface area contributed by atoms with E-state index in [4.69, 9.17) is 0 Å². The van der Waals surface area contributed by atoms with Gasteiger partial charge in [0.05, 0.1) is 0 Å². The van der Waals surface area contributed by atoms with E-state index in [0.717, 1.165) is 17.3 Å². The predicted octanol–water partition coefficient (Wildman–Crippen LogP) is 1.54. The van der Waals surface area contributed by atoms with Crippen molar-refractivity contribution in [2.24, 2.45) is 7.05 Å². The molecule has 0 saturated carbocycles. The van der Waals surface area contributed by atoms with E-state index in [9.17, 15) is 0 Å². The number of hydrogen-bond donors (Lipinski definition) is 0. The SMILES string of the molecule is Cn1nnnc1SCCc1ccccc1. The highest BCUT2D eigenvalue weighted by Gasteiger charge is 2.01. The highest BCUT2D eigenvalue weighted by atomic mass is 32.2. The molecule has 0 aliphatic carbocycles. The van der Waals surface area contributed by atoms with Crippen LogP contribution in [0.15, 0.2) is 35.5 Å². The number of nitrogens with zero attached hydrogens (tertiary/aromatic N) is 4. The maximum absolute atomic E-state index is 3.91. The van der Waals surface area contributed by atoms with Gasteiger partial charge < -0.3 is 0 Å². The van der Waals surface area contributed by atoms with Crippen molar-refractivity contribution < 1.29 is 0 Å². The molecular weight excluding hydrogens is 208 g/mol. The molecule has 0 unspecified atom stereocenters. The van der Waals surface area contributed by atoms with Crippen molar-refractivity contribution in [3.63, 3.8) is 0 Å². The van der Waals surface area contributed by atoms with Gasteiger partial charge in [0, 0.05) is 12.8 Å².